The lowest BCUT2D eigenvalue weighted by atomic mass is 10.2. The fourth-order valence-electron chi connectivity index (χ4n) is 2.68. The molecular formula is C18H24N4O2S. The Morgan fingerprint density at radius 2 is 1.72 bits per heavy atom. The van der Waals surface area contributed by atoms with E-state index in [1.807, 2.05) is 30.5 Å². The highest BCUT2D eigenvalue weighted by atomic mass is 32.2. The van der Waals surface area contributed by atoms with Crippen molar-refractivity contribution in [2.75, 3.05) is 17.3 Å². The van der Waals surface area contributed by atoms with Crippen molar-refractivity contribution in [3.63, 3.8) is 0 Å². The van der Waals surface area contributed by atoms with Crippen LogP contribution in [0.5, 0.6) is 0 Å². The maximum absolute atomic E-state index is 12.4. The number of aryl methyl sites for hydroxylation is 2. The van der Waals surface area contributed by atoms with E-state index in [-0.39, 0.29) is 5.91 Å². The second-order valence-corrected chi connectivity index (χ2v) is 6.82. The molecule has 0 saturated heterocycles. The molecule has 1 aromatic carbocycles. The van der Waals surface area contributed by atoms with Gasteiger partial charge in [0.25, 0.3) is 0 Å². The summed E-state index contributed by atoms with van der Waals surface area (Å²) in [5.41, 5.74) is 9.17. The van der Waals surface area contributed by atoms with Gasteiger partial charge in [0.15, 0.2) is 0 Å². The largest absolute Gasteiger partial charge is 0.352 e. The molecule has 0 saturated carbocycles. The highest BCUT2D eigenvalue weighted by Gasteiger charge is 2.19. The van der Waals surface area contributed by atoms with E-state index in [0.29, 0.717) is 12.1 Å². The smallest absolute Gasteiger partial charge is 0.312 e. The van der Waals surface area contributed by atoms with Crippen LogP contribution >= 0.6 is 11.8 Å². The normalized spacial score (nSPS) is 11.8. The first-order valence-electron chi connectivity index (χ1n) is 8.03. The molecule has 0 spiro atoms. The predicted molar refractivity (Wildman–Crippen MR) is 103 cm³/mol. The summed E-state index contributed by atoms with van der Waals surface area (Å²) in [4.78, 5) is 23.5. The van der Waals surface area contributed by atoms with Crippen LogP contribution in [-0.4, -0.2) is 34.6 Å². The highest BCUT2D eigenvalue weighted by Crippen LogP contribution is 2.19. The standard InChI is InChI=1S/C18H24N4O2S/c1-12-4-5-13(2)22(12)15-8-6-14(7-9-15)20-17(23)16(10-11-25-3)21-18(19)24/h4-9,16H,10-11H2,1-3H3,(H,20,23)(H3,19,21,24)/t16-/m1/s1. The van der Waals surface area contributed by atoms with Gasteiger partial charge in [-0.15, -0.1) is 0 Å². The number of aromatic nitrogens is 1. The maximum Gasteiger partial charge on any atom is 0.312 e. The van der Waals surface area contributed by atoms with E-state index in [4.69, 9.17) is 5.73 Å². The van der Waals surface area contributed by atoms with Crippen LogP contribution < -0.4 is 16.4 Å². The summed E-state index contributed by atoms with van der Waals surface area (Å²) in [6.07, 6.45) is 2.47. The minimum absolute atomic E-state index is 0.270. The number of anilines is 1. The quantitative estimate of drug-likeness (QED) is 0.709. The molecule has 1 atom stereocenters. The van der Waals surface area contributed by atoms with Gasteiger partial charge in [-0.05, 0) is 68.7 Å². The summed E-state index contributed by atoms with van der Waals surface area (Å²) in [5, 5.41) is 5.32. The van der Waals surface area contributed by atoms with Gasteiger partial charge in [0.1, 0.15) is 6.04 Å². The first-order chi connectivity index (χ1) is 11.9. The number of carbonyl (C=O) groups is 2. The van der Waals surface area contributed by atoms with Crippen molar-refractivity contribution in [2.24, 2.45) is 5.73 Å². The van der Waals surface area contributed by atoms with Crippen LogP contribution in [0.1, 0.15) is 17.8 Å². The monoisotopic (exact) mass is 360 g/mol. The number of benzene rings is 1. The zero-order valence-electron chi connectivity index (χ0n) is 14.7. The Kier molecular flexibility index (Phi) is 6.52. The lowest BCUT2D eigenvalue weighted by Gasteiger charge is -2.17. The number of primary amides is 1. The molecule has 25 heavy (non-hydrogen) atoms. The summed E-state index contributed by atoms with van der Waals surface area (Å²) in [6.45, 7) is 4.10. The van der Waals surface area contributed by atoms with Gasteiger partial charge in [-0.25, -0.2) is 4.79 Å². The number of nitrogens with one attached hydrogen (secondary N) is 2. The summed E-state index contributed by atoms with van der Waals surface area (Å²) < 4.78 is 2.14. The molecule has 1 aromatic heterocycles. The van der Waals surface area contributed by atoms with Crippen LogP contribution in [0, 0.1) is 13.8 Å². The minimum Gasteiger partial charge on any atom is -0.352 e. The minimum atomic E-state index is -0.699. The summed E-state index contributed by atoms with van der Waals surface area (Å²) in [5.74, 6) is 0.484. The van der Waals surface area contributed by atoms with Crippen molar-refractivity contribution in [1.82, 2.24) is 9.88 Å². The highest BCUT2D eigenvalue weighted by molar-refractivity contribution is 7.98. The molecule has 2 rings (SSSR count). The predicted octanol–water partition coefficient (Wildman–Crippen LogP) is 2.82. The van der Waals surface area contributed by atoms with E-state index in [1.54, 1.807) is 11.8 Å². The van der Waals surface area contributed by atoms with Crippen molar-refractivity contribution in [2.45, 2.75) is 26.3 Å². The van der Waals surface area contributed by atoms with E-state index in [0.717, 1.165) is 22.8 Å². The first kappa shape index (κ1) is 18.9. The van der Waals surface area contributed by atoms with Crippen molar-refractivity contribution in [1.29, 1.82) is 0 Å². The molecule has 0 aliphatic rings. The Morgan fingerprint density at radius 1 is 1.12 bits per heavy atom. The third-order valence-electron chi connectivity index (χ3n) is 3.91. The Labute approximate surface area is 152 Å². The molecule has 0 radical (unpaired) electrons. The number of hydrogen-bond donors (Lipinski definition) is 3. The summed E-state index contributed by atoms with van der Waals surface area (Å²) in [7, 11) is 0. The lowest BCUT2D eigenvalue weighted by molar-refractivity contribution is -0.117. The number of hydrogen-bond acceptors (Lipinski definition) is 3. The maximum atomic E-state index is 12.4. The topological polar surface area (TPSA) is 89.2 Å². The van der Waals surface area contributed by atoms with Gasteiger partial charge >= 0.3 is 6.03 Å². The number of urea groups is 1. The zero-order chi connectivity index (χ0) is 18.4. The number of rotatable bonds is 7. The van der Waals surface area contributed by atoms with Crippen LogP contribution in [0.4, 0.5) is 10.5 Å². The Hall–Kier alpha value is -2.41. The Morgan fingerprint density at radius 3 is 2.24 bits per heavy atom. The molecule has 0 aliphatic heterocycles. The number of nitrogens with two attached hydrogens (primary N) is 1. The number of carbonyl (C=O) groups excluding carboxylic acids is 2. The first-order valence-corrected chi connectivity index (χ1v) is 9.43. The summed E-state index contributed by atoms with van der Waals surface area (Å²) >= 11 is 1.61. The van der Waals surface area contributed by atoms with E-state index >= 15 is 0 Å². The molecule has 134 valence electrons. The van der Waals surface area contributed by atoms with Crippen LogP contribution in [0.15, 0.2) is 36.4 Å². The molecule has 0 aliphatic carbocycles. The van der Waals surface area contributed by atoms with Crippen LogP contribution in [-0.2, 0) is 4.79 Å². The fraction of sp³-hybridized carbons (Fsp3) is 0.333. The molecule has 0 fully saturated rings. The molecule has 3 amide bonds. The van der Waals surface area contributed by atoms with Crippen LogP contribution in [0.25, 0.3) is 5.69 Å². The van der Waals surface area contributed by atoms with Crippen molar-refractivity contribution >= 4 is 29.4 Å². The third kappa shape index (κ3) is 5.03. The van der Waals surface area contributed by atoms with Crippen LogP contribution in [0.3, 0.4) is 0 Å². The molecule has 2 aromatic rings. The average Bonchev–Trinajstić information content (AvgIpc) is 2.90. The number of amides is 3. The molecular weight excluding hydrogens is 336 g/mol. The zero-order valence-corrected chi connectivity index (χ0v) is 15.5. The second kappa shape index (κ2) is 8.62. The van der Waals surface area contributed by atoms with Gasteiger partial charge < -0.3 is 20.9 Å². The molecule has 7 heteroatoms. The van der Waals surface area contributed by atoms with Gasteiger partial charge in [-0.3, -0.25) is 4.79 Å². The SMILES string of the molecule is CSCC[C@@H](NC(N)=O)C(=O)Nc1ccc(-n2c(C)ccc2C)cc1. The molecule has 1 heterocycles. The van der Waals surface area contributed by atoms with E-state index in [1.165, 1.54) is 0 Å². The van der Waals surface area contributed by atoms with Gasteiger partial charge in [-0.1, -0.05) is 0 Å². The van der Waals surface area contributed by atoms with Crippen molar-refractivity contribution < 1.29 is 9.59 Å². The van der Waals surface area contributed by atoms with Crippen LogP contribution in [0.2, 0.25) is 0 Å². The van der Waals surface area contributed by atoms with Gasteiger partial charge in [0, 0.05) is 22.8 Å². The number of thioether (sulfide) groups is 1. The van der Waals surface area contributed by atoms with Gasteiger partial charge in [-0.2, -0.15) is 11.8 Å². The fourth-order valence-corrected chi connectivity index (χ4v) is 3.15. The van der Waals surface area contributed by atoms with E-state index < -0.39 is 12.1 Å². The van der Waals surface area contributed by atoms with Crippen molar-refractivity contribution in [3.05, 3.63) is 47.8 Å². The van der Waals surface area contributed by atoms with Gasteiger partial charge in [0.05, 0.1) is 0 Å². The molecule has 0 bridgehead atoms. The second-order valence-electron chi connectivity index (χ2n) is 5.83. The molecule has 6 nitrogen and oxygen atoms in total. The van der Waals surface area contributed by atoms with E-state index in [9.17, 15) is 9.59 Å². The lowest BCUT2D eigenvalue weighted by Crippen LogP contribution is -2.46. The van der Waals surface area contributed by atoms with E-state index in [2.05, 4.69) is 41.2 Å². The Bertz CT molecular complexity index is 721. The number of nitrogens with zero attached hydrogens (tertiary/aromatic N) is 1. The Balaban J connectivity index is 2.08. The third-order valence-corrected chi connectivity index (χ3v) is 4.55. The summed E-state index contributed by atoms with van der Waals surface area (Å²) in [6, 6.07) is 10.4. The average molecular weight is 360 g/mol. The molecule has 4 N–H and O–H groups in total. The molecule has 0 unspecified atom stereocenters. The van der Waals surface area contributed by atoms with Gasteiger partial charge in [0.2, 0.25) is 5.91 Å². The van der Waals surface area contributed by atoms with Crippen molar-refractivity contribution in [3.8, 4) is 5.69 Å².